The second-order valence-corrected chi connectivity index (χ2v) is 23.0. The molecule has 398 valence electrons. The van der Waals surface area contributed by atoms with E-state index in [0.717, 1.165) is 88.7 Å². The molecule has 2 saturated carbocycles. The summed E-state index contributed by atoms with van der Waals surface area (Å²) < 4.78 is 2.18. The summed E-state index contributed by atoms with van der Waals surface area (Å²) in [5.41, 5.74) is 7.12. The van der Waals surface area contributed by atoms with Gasteiger partial charge >= 0.3 is 0 Å². The molecular weight excluding hydrogens is 975 g/mol. The number of likely N-dealkylation sites (tertiary alicyclic amines) is 2. The zero-order valence-corrected chi connectivity index (χ0v) is 43.8. The number of carbonyl (C=O) groups excluding carboxylic acids is 7. The van der Waals surface area contributed by atoms with Crippen LogP contribution in [0.4, 0.5) is 17.2 Å². The van der Waals surface area contributed by atoms with Gasteiger partial charge in [-0.3, -0.25) is 43.8 Å². The highest BCUT2D eigenvalue weighted by atomic mass is 16.2. The third-order valence-corrected chi connectivity index (χ3v) is 18.0. The Hall–Kier alpha value is -7.47. The highest BCUT2D eigenvalue weighted by molar-refractivity contribution is 6.24. The number of hydrogen-bond acceptors (Lipinski definition) is 12. The van der Waals surface area contributed by atoms with Crippen molar-refractivity contribution in [2.45, 2.75) is 139 Å². The van der Waals surface area contributed by atoms with Gasteiger partial charge in [0.15, 0.2) is 5.82 Å². The number of aromatic nitrogens is 3. The Balaban J connectivity index is 0.662. The molecule has 3 N–H and O–H groups in total. The van der Waals surface area contributed by atoms with Crippen molar-refractivity contribution in [2.75, 3.05) is 54.4 Å². The summed E-state index contributed by atoms with van der Waals surface area (Å²) in [6.07, 6.45) is 12.3. The van der Waals surface area contributed by atoms with Crippen molar-refractivity contribution in [3.05, 3.63) is 101 Å². The molecule has 6 fully saturated rings. The number of imide groups is 2. The third kappa shape index (κ3) is 8.63. The van der Waals surface area contributed by atoms with Crippen LogP contribution in [0.3, 0.4) is 0 Å². The van der Waals surface area contributed by atoms with Gasteiger partial charge in [-0.2, -0.15) is 0 Å². The van der Waals surface area contributed by atoms with Crippen molar-refractivity contribution >= 4 is 69.6 Å². The second kappa shape index (κ2) is 19.2. The Morgan fingerprint density at radius 1 is 0.727 bits per heavy atom. The minimum atomic E-state index is -1.03. The first-order valence-electron chi connectivity index (χ1n) is 28.0. The van der Waals surface area contributed by atoms with Crippen molar-refractivity contribution in [1.29, 1.82) is 0 Å². The predicted molar refractivity (Wildman–Crippen MR) is 289 cm³/mol. The molecule has 0 bridgehead atoms. The van der Waals surface area contributed by atoms with Crippen LogP contribution in [0.5, 0.6) is 0 Å². The van der Waals surface area contributed by atoms with Crippen molar-refractivity contribution in [3.8, 4) is 11.3 Å². The summed E-state index contributed by atoms with van der Waals surface area (Å²) in [5.74, 6) is -1.52. The number of rotatable bonds is 11. The predicted octanol–water partition coefficient (Wildman–Crippen LogP) is 6.59. The van der Waals surface area contributed by atoms with Crippen LogP contribution in [-0.4, -0.2) is 140 Å². The molecule has 8 heterocycles. The summed E-state index contributed by atoms with van der Waals surface area (Å²) in [6, 6.07) is 20.6. The van der Waals surface area contributed by atoms with Gasteiger partial charge in [0.2, 0.25) is 17.7 Å². The molecule has 18 heteroatoms. The molecule has 6 aliphatic heterocycles. The second-order valence-electron chi connectivity index (χ2n) is 23.0. The van der Waals surface area contributed by atoms with E-state index in [0.29, 0.717) is 75.1 Å². The summed E-state index contributed by atoms with van der Waals surface area (Å²) in [4.78, 5) is 114. The molecule has 8 aliphatic rings. The van der Waals surface area contributed by atoms with E-state index in [1.54, 1.807) is 42.5 Å². The number of imidazole rings is 1. The van der Waals surface area contributed by atoms with Crippen LogP contribution >= 0.6 is 0 Å². The largest absolute Gasteiger partial charge is 0.371 e. The fraction of sp³-hybridized carbons (Fsp3) is 0.475. The number of pyridine rings is 1. The summed E-state index contributed by atoms with van der Waals surface area (Å²) >= 11 is 0. The molecule has 5 aromatic rings. The Morgan fingerprint density at radius 2 is 1.45 bits per heavy atom. The quantitative estimate of drug-likeness (QED) is 0.120. The van der Waals surface area contributed by atoms with Crippen LogP contribution in [0.25, 0.3) is 22.3 Å². The first kappa shape index (κ1) is 49.1. The van der Waals surface area contributed by atoms with Gasteiger partial charge < -0.3 is 34.8 Å². The van der Waals surface area contributed by atoms with E-state index in [1.807, 2.05) is 11.2 Å². The van der Waals surface area contributed by atoms with Crippen LogP contribution in [0.15, 0.2) is 73.1 Å². The zero-order valence-electron chi connectivity index (χ0n) is 43.8. The van der Waals surface area contributed by atoms with Crippen LogP contribution in [0.1, 0.15) is 150 Å². The topological polar surface area (TPSA) is 202 Å². The Morgan fingerprint density at radius 3 is 2.17 bits per heavy atom. The Labute approximate surface area is 446 Å². The fourth-order valence-corrected chi connectivity index (χ4v) is 13.3. The molecule has 1 spiro atoms. The molecule has 3 aromatic carbocycles. The summed E-state index contributed by atoms with van der Waals surface area (Å²) in [6.45, 7) is 8.62. The minimum absolute atomic E-state index is 0.0538. The lowest BCUT2D eigenvalue weighted by Gasteiger charge is -2.48. The molecule has 13 rings (SSSR count). The van der Waals surface area contributed by atoms with Crippen LogP contribution < -0.4 is 25.8 Å². The van der Waals surface area contributed by atoms with E-state index in [4.69, 9.17) is 9.97 Å². The average molecular weight is 1040 g/mol. The SMILES string of the molecule is CC(C)n1cnc2cc(-c3ccc4c(c3)N([C@H]3C[C@@H](N5CCCCC5)C3)C(=O)C43CCN(C(=O)c4ccc(C(=O)NC5CCN(c6ccc7c(c6)C(=O)N(C6CCC(=O)NC6=O)C7=O)CC5)cc4)CC3)nc(NC3CC3)c21. The van der Waals surface area contributed by atoms with Gasteiger partial charge in [0.05, 0.1) is 34.1 Å². The van der Waals surface area contributed by atoms with Crippen LogP contribution in [0.2, 0.25) is 0 Å². The number of fused-ring (bicyclic) bond motifs is 4. The molecule has 7 amide bonds. The molecule has 1 unspecified atom stereocenters. The molecule has 77 heavy (non-hydrogen) atoms. The number of benzene rings is 3. The smallest absolute Gasteiger partial charge is 0.262 e. The lowest BCUT2D eigenvalue weighted by Crippen LogP contribution is -2.58. The number of anilines is 3. The molecule has 18 nitrogen and oxygen atoms in total. The van der Waals surface area contributed by atoms with Crippen molar-refractivity contribution < 1.29 is 33.6 Å². The van der Waals surface area contributed by atoms with Crippen LogP contribution in [0, 0.1) is 0 Å². The average Bonchev–Trinajstić information content (AvgIpc) is 4.22. The number of nitrogens with zero attached hydrogens (tertiary/aromatic N) is 8. The van der Waals surface area contributed by atoms with Crippen molar-refractivity contribution in [1.82, 2.24) is 39.9 Å². The first-order valence-corrected chi connectivity index (χ1v) is 28.0. The third-order valence-electron chi connectivity index (χ3n) is 18.0. The maximum absolute atomic E-state index is 15.2. The molecule has 2 aliphatic carbocycles. The van der Waals surface area contributed by atoms with Gasteiger partial charge in [0.25, 0.3) is 23.6 Å². The van der Waals surface area contributed by atoms with E-state index in [-0.39, 0.29) is 59.8 Å². The zero-order chi connectivity index (χ0) is 52.9. The van der Waals surface area contributed by atoms with E-state index in [2.05, 4.69) is 73.3 Å². The Kier molecular flexibility index (Phi) is 12.3. The van der Waals surface area contributed by atoms with E-state index in [1.165, 1.54) is 19.3 Å². The van der Waals surface area contributed by atoms with Gasteiger partial charge in [0.1, 0.15) is 11.6 Å². The maximum Gasteiger partial charge on any atom is 0.262 e. The van der Waals surface area contributed by atoms with Gasteiger partial charge in [-0.1, -0.05) is 18.6 Å². The Bertz CT molecular complexity index is 3270. The van der Waals surface area contributed by atoms with Crippen molar-refractivity contribution in [3.63, 3.8) is 0 Å². The van der Waals surface area contributed by atoms with E-state index >= 15 is 4.79 Å². The van der Waals surface area contributed by atoms with Gasteiger partial charge in [0, 0.05) is 90.9 Å². The summed E-state index contributed by atoms with van der Waals surface area (Å²) in [7, 11) is 0. The lowest BCUT2D eigenvalue weighted by atomic mass is 9.73. The molecule has 4 saturated heterocycles. The number of carbonyl (C=O) groups is 7. The lowest BCUT2D eigenvalue weighted by molar-refractivity contribution is -0.136. The monoisotopic (exact) mass is 1040 g/mol. The van der Waals surface area contributed by atoms with Crippen LogP contribution in [-0.2, 0) is 19.8 Å². The molecular formula is C59H65N11O7. The highest BCUT2D eigenvalue weighted by Crippen LogP contribution is 2.52. The number of nitrogens with one attached hydrogen (secondary N) is 3. The first-order chi connectivity index (χ1) is 37.3. The minimum Gasteiger partial charge on any atom is -0.371 e. The number of piperidine rings is 4. The fourth-order valence-electron chi connectivity index (χ4n) is 13.3. The summed E-state index contributed by atoms with van der Waals surface area (Å²) in [5, 5.41) is 9.08. The molecule has 2 aromatic heterocycles. The van der Waals surface area contributed by atoms with Gasteiger partial charge in [-0.05, 0) is 158 Å². The van der Waals surface area contributed by atoms with Gasteiger partial charge in [-0.15, -0.1) is 0 Å². The number of hydrogen-bond donors (Lipinski definition) is 3. The maximum atomic E-state index is 15.2. The standard InChI is InChI=1S/C59H65N11O7/c1-34(2)68-33-60-47-32-46(63-52(51(47)68)61-38-11-12-38)37-10-15-45-49(28-37)69(42-29-41(30-42)65-22-4-3-5-23-65)58(77)59(45)20-26-67(27-21-59)55(74)36-8-6-35(7-9-36)53(72)62-39-18-24-66(25-19-39)40-13-14-43-44(31-40)57(76)70(56(43)75)48-16-17-50(71)64-54(48)73/h6-10,13-15,28,31-34,38-39,41-42,48H,3-5,11-12,16-27,29-30H2,1-2H3,(H,61,63)(H,62,72)(H,64,71,73)/t41-,42+,48?. The van der Waals surface area contributed by atoms with E-state index < -0.39 is 35.1 Å². The van der Waals surface area contributed by atoms with Crippen molar-refractivity contribution in [2.24, 2.45) is 0 Å². The van der Waals surface area contributed by atoms with E-state index in [9.17, 15) is 28.8 Å². The number of amides is 7. The highest BCUT2D eigenvalue weighted by Gasteiger charge is 2.56. The molecule has 1 atom stereocenters. The van der Waals surface area contributed by atoms with Gasteiger partial charge in [-0.25, -0.2) is 9.97 Å². The molecule has 0 radical (unpaired) electrons. The normalized spacial score (nSPS) is 23.7.